The first-order valence-corrected chi connectivity index (χ1v) is 10.1. The molecule has 0 aliphatic carbocycles. The average molecular weight is 359 g/mol. The second kappa shape index (κ2) is 7.45. The summed E-state index contributed by atoms with van der Waals surface area (Å²) in [7, 11) is -1.42. The van der Waals surface area contributed by atoms with Crippen LogP contribution in [0.1, 0.15) is 6.92 Å². The molecular formula is C19H25N3O2S. The maximum absolute atomic E-state index is 13.0. The summed E-state index contributed by atoms with van der Waals surface area (Å²) in [5.74, 6) is 0. The Morgan fingerprint density at radius 1 is 1.00 bits per heavy atom. The van der Waals surface area contributed by atoms with Crippen molar-refractivity contribution in [1.29, 1.82) is 0 Å². The van der Waals surface area contributed by atoms with E-state index in [1.54, 1.807) is 30.3 Å². The number of likely N-dealkylation sites (N-methyl/N-ethyl adjacent to an activating group) is 1. The number of piperazine rings is 1. The molecule has 1 heterocycles. The van der Waals surface area contributed by atoms with Crippen molar-refractivity contribution in [2.75, 3.05) is 50.0 Å². The van der Waals surface area contributed by atoms with Crippen LogP contribution in [0.5, 0.6) is 0 Å². The number of anilines is 2. The molecule has 0 saturated carbocycles. The summed E-state index contributed by atoms with van der Waals surface area (Å²) in [6.07, 6.45) is 0. The summed E-state index contributed by atoms with van der Waals surface area (Å²) in [4.78, 5) is 5.26. The van der Waals surface area contributed by atoms with Gasteiger partial charge in [-0.2, -0.15) is 0 Å². The molecule has 2 aromatic carbocycles. The summed E-state index contributed by atoms with van der Waals surface area (Å²) in [6, 6.07) is 14.2. The Morgan fingerprint density at radius 2 is 1.68 bits per heavy atom. The fourth-order valence-corrected chi connectivity index (χ4v) is 4.51. The first-order chi connectivity index (χ1) is 12.0. The lowest BCUT2D eigenvalue weighted by Crippen LogP contribution is -2.44. The van der Waals surface area contributed by atoms with E-state index in [4.69, 9.17) is 0 Å². The highest BCUT2D eigenvalue weighted by molar-refractivity contribution is 7.91. The Morgan fingerprint density at radius 3 is 2.32 bits per heavy atom. The molecule has 0 amide bonds. The number of nitrogens with zero attached hydrogens (tertiary/aromatic N) is 2. The van der Waals surface area contributed by atoms with E-state index < -0.39 is 9.84 Å². The molecule has 0 bridgehead atoms. The zero-order valence-corrected chi connectivity index (χ0v) is 15.6. The molecular weight excluding hydrogens is 334 g/mol. The van der Waals surface area contributed by atoms with E-state index >= 15 is 0 Å². The Labute approximate surface area is 150 Å². The number of hydrogen-bond donors (Lipinski definition) is 1. The zero-order chi connectivity index (χ0) is 17.9. The summed E-state index contributed by atoms with van der Waals surface area (Å²) in [6.45, 7) is 6.58. The molecule has 1 aliphatic rings. The van der Waals surface area contributed by atoms with Gasteiger partial charge in [0.05, 0.1) is 15.5 Å². The number of nitrogens with one attached hydrogen (secondary N) is 1. The van der Waals surface area contributed by atoms with Gasteiger partial charge in [0.2, 0.25) is 9.84 Å². The molecule has 1 N–H and O–H groups in total. The van der Waals surface area contributed by atoms with Crippen LogP contribution in [-0.2, 0) is 9.84 Å². The fourth-order valence-electron chi connectivity index (χ4n) is 3.07. The maximum atomic E-state index is 13.0. The molecule has 0 radical (unpaired) electrons. The van der Waals surface area contributed by atoms with Gasteiger partial charge in [-0.05, 0) is 44.3 Å². The Hall–Kier alpha value is -2.05. The predicted molar refractivity (Wildman–Crippen MR) is 102 cm³/mol. The number of rotatable bonds is 5. The average Bonchev–Trinajstić information content (AvgIpc) is 2.63. The summed E-state index contributed by atoms with van der Waals surface area (Å²) in [5.41, 5.74) is 1.74. The lowest BCUT2D eigenvalue weighted by atomic mass is 10.2. The Balaban J connectivity index is 1.97. The number of sulfone groups is 1. The topological polar surface area (TPSA) is 52.6 Å². The van der Waals surface area contributed by atoms with Crippen molar-refractivity contribution < 1.29 is 8.42 Å². The van der Waals surface area contributed by atoms with Crippen molar-refractivity contribution in [2.45, 2.75) is 16.7 Å². The highest BCUT2D eigenvalue weighted by atomic mass is 32.2. The lowest BCUT2D eigenvalue weighted by Gasteiger charge is -2.34. The normalized spacial score (nSPS) is 16.0. The number of benzene rings is 2. The molecule has 3 rings (SSSR count). The van der Waals surface area contributed by atoms with E-state index in [0.29, 0.717) is 22.0 Å². The molecule has 1 fully saturated rings. The van der Waals surface area contributed by atoms with Crippen LogP contribution in [0, 0.1) is 0 Å². The largest absolute Gasteiger partial charge is 0.384 e. The zero-order valence-electron chi connectivity index (χ0n) is 14.8. The van der Waals surface area contributed by atoms with Gasteiger partial charge in [-0.15, -0.1) is 0 Å². The minimum Gasteiger partial charge on any atom is -0.384 e. The summed E-state index contributed by atoms with van der Waals surface area (Å²) < 4.78 is 26.0. The lowest BCUT2D eigenvalue weighted by molar-refractivity contribution is 0.313. The maximum Gasteiger partial charge on any atom is 0.208 e. The molecule has 6 heteroatoms. The van der Waals surface area contributed by atoms with Crippen molar-refractivity contribution in [1.82, 2.24) is 4.90 Å². The molecule has 0 atom stereocenters. The van der Waals surface area contributed by atoms with Crippen molar-refractivity contribution in [3.8, 4) is 0 Å². The molecule has 25 heavy (non-hydrogen) atoms. The van der Waals surface area contributed by atoms with Crippen LogP contribution in [0.3, 0.4) is 0 Å². The van der Waals surface area contributed by atoms with E-state index in [0.717, 1.165) is 31.9 Å². The van der Waals surface area contributed by atoms with E-state index in [1.807, 2.05) is 25.1 Å². The van der Waals surface area contributed by atoms with Crippen LogP contribution in [0.2, 0.25) is 0 Å². The number of hydrogen-bond acceptors (Lipinski definition) is 5. The SMILES string of the molecule is CCNc1cc(N2CCN(C)CC2)ccc1S(=O)(=O)c1ccccc1. The Bertz CT molecular complexity index is 814. The van der Waals surface area contributed by atoms with Crippen LogP contribution < -0.4 is 10.2 Å². The summed E-state index contributed by atoms with van der Waals surface area (Å²) >= 11 is 0. The molecule has 0 unspecified atom stereocenters. The smallest absolute Gasteiger partial charge is 0.208 e. The summed E-state index contributed by atoms with van der Waals surface area (Å²) in [5, 5.41) is 3.22. The van der Waals surface area contributed by atoms with E-state index in [-0.39, 0.29) is 0 Å². The first kappa shape index (κ1) is 17.8. The van der Waals surface area contributed by atoms with Crippen LogP contribution in [0.15, 0.2) is 58.3 Å². The van der Waals surface area contributed by atoms with Gasteiger partial charge in [0.1, 0.15) is 0 Å². The van der Waals surface area contributed by atoms with Crippen molar-refractivity contribution in [3.63, 3.8) is 0 Å². The van der Waals surface area contributed by atoms with Gasteiger partial charge >= 0.3 is 0 Å². The van der Waals surface area contributed by atoms with Crippen LogP contribution in [0.4, 0.5) is 11.4 Å². The molecule has 1 saturated heterocycles. The molecule has 1 aliphatic heterocycles. The first-order valence-electron chi connectivity index (χ1n) is 8.64. The second-order valence-electron chi connectivity index (χ2n) is 6.32. The molecule has 0 spiro atoms. The van der Waals surface area contributed by atoms with Gasteiger partial charge in [0.25, 0.3) is 0 Å². The Kier molecular flexibility index (Phi) is 5.30. The highest BCUT2D eigenvalue weighted by Crippen LogP contribution is 2.31. The minimum atomic E-state index is -3.54. The van der Waals surface area contributed by atoms with Crippen molar-refractivity contribution >= 4 is 21.2 Å². The van der Waals surface area contributed by atoms with Crippen molar-refractivity contribution in [2.24, 2.45) is 0 Å². The third-order valence-corrected chi connectivity index (χ3v) is 6.37. The van der Waals surface area contributed by atoms with Gasteiger partial charge in [-0.25, -0.2) is 8.42 Å². The van der Waals surface area contributed by atoms with Gasteiger partial charge in [-0.3, -0.25) is 0 Å². The van der Waals surface area contributed by atoms with Crippen LogP contribution in [0.25, 0.3) is 0 Å². The van der Waals surface area contributed by atoms with Gasteiger partial charge in [0.15, 0.2) is 0 Å². The molecule has 0 aromatic heterocycles. The van der Waals surface area contributed by atoms with Gasteiger partial charge < -0.3 is 15.1 Å². The second-order valence-corrected chi connectivity index (χ2v) is 8.24. The van der Waals surface area contributed by atoms with Gasteiger partial charge in [0, 0.05) is 38.4 Å². The predicted octanol–water partition coefficient (Wildman–Crippen LogP) is 2.70. The van der Waals surface area contributed by atoms with E-state index in [9.17, 15) is 8.42 Å². The van der Waals surface area contributed by atoms with Crippen LogP contribution >= 0.6 is 0 Å². The van der Waals surface area contributed by atoms with E-state index in [1.165, 1.54) is 0 Å². The molecule has 2 aromatic rings. The quantitative estimate of drug-likeness (QED) is 0.890. The standard InChI is InChI=1S/C19H25N3O2S/c1-3-20-18-15-16(22-13-11-21(2)12-14-22)9-10-19(18)25(23,24)17-7-5-4-6-8-17/h4-10,15,20H,3,11-14H2,1-2H3. The molecule has 134 valence electrons. The van der Waals surface area contributed by atoms with Gasteiger partial charge in [-0.1, -0.05) is 18.2 Å². The van der Waals surface area contributed by atoms with E-state index in [2.05, 4.69) is 22.2 Å². The van der Waals surface area contributed by atoms with Crippen molar-refractivity contribution in [3.05, 3.63) is 48.5 Å². The third-order valence-electron chi connectivity index (χ3n) is 4.54. The monoisotopic (exact) mass is 359 g/mol. The fraction of sp³-hybridized carbons (Fsp3) is 0.368. The molecule has 5 nitrogen and oxygen atoms in total. The van der Waals surface area contributed by atoms with Crippen LogP contribution in [-0.4, -0.2) is 53.1 Å². The third kappa shape index (κ3) is 3.80. The highest BCUT2D eigenvalue weighted by Gasteiger charge is 2.23. The minimum absolute atomic E-state index is 0.321.